The predicted molar refractivity (Wildman–Crippen MR) is 103 cm³/mol. The molecular formula is C18H21BrN2O3S. The van der Waals surface area contributed by atoms with Crippen LogP contribution in [-0.4, -0.2) is 32.2 Å². The Morgan fingerprint density at radius 2 is 1.60 bits per heavy atom. The van der Waals surface area contributed by atoms with Crippen LogP contribution in [0.2, 0.25) is 0 Å². The Labute approximate surface area is 157 Å². The number of hydrogen-bond acceptors (Lipinski definition) is 3. The summed E-state index contributed by atoms with van der Waals surface area (Å²) < 4.78 is 26.9. The van der Waals surface area contributed by atoms with Crippen molar-refractivity contribution in [2.75, 3.05) is 18.9 Å². The van der Waals surface area contributed by atoms with Gasteiger partial charge in [-0.1, -0.05) is 33.6 Å². The Morgan fingerprint density at radius 3 is 2.12 bits per heavy atom. The van der Waals surface area contributed by atoms with E-state index in [0.717, 1.165) is 31.2 Å². The smallest absolute Gasteiger partial charge is 0.243 e. The van der Waals surface area contributed by atoms with Crippen molar-refractivity contribution in [2.45, 2.75) is 25.7 Å². The number of anilines is 1. The second-order valence-corrected chi connectivity index (χ2v) is 9.00. The molecule has 7 heteroatoms. The van der Waals surface area contributed by atoms with E-state index >= 15 is 0 Å². The summed E-state index contributed by atoms with van der Waals surface area (Å²) in [5, 5.41) is 2.82. The van der Waals surface area contributed by atoms with Gasteiger partial charge in [-0.25, -0.2) is 8.42 Å². The number of nitrogens with one attached hydrogen (secondary N) is 1. The van der Waals surface area contributed by atoms with E-state index in [1.807, 2.05) is 32.9 Å². The number of amides is 1. The first-order valence-corrected chi connectivity index (χ1v) is 9.94. The van der Waals surface area contributed by atoms with Crippen molar-refractivity contribution in [2.24, 2.45) is 0 Å². The zero-order chi connectivity index (χ0) is 18.8. The van der Waals surface area contributed by atoms with Crippen LogP contribution >= 0.6 is 15.9 Å². The van der Waals surface area contributed by atoms with Crippen LogP contribution in [0.5, 0.6) is 0 Å². The highest BCUT2D eigenvalue weighted by molar-refractivity contribution is 9.10. The number of carbonyl (C=O) groups is 1. The number of sulfonamides is 1. The van der Waals surface area contributed by atoms with E-state index in [1.54, 1.807) is 12.1 Å². The largest absolute Gasteiger partial charge is 0.324 e. The van der Waals surface area contributed by atoms with Gasteiger partial charge in [0, 0.05) is 17.2 Å². The molecule has 0 aliphatic rings. The van der Waals surface area contributed by atoms with Crippen LogP contribution < -0.4 is 5.32 Å². The van der Waals surface area contributed by atoms with Crippen molar-refractivity contribution in [3.05, 3.63) is 57.6 Å². The quantitative estimate of drug-likeness (QED) is 0.796. The molecule has 25 heavy (non-hydrogen) atoms. The first-order chi connectivity index (χ1) is 11.6. The summed E-state index contributed by atoms with van der Waals surface area (Å²) in [6, 6.07) is 10.3. The molecule has 2 rings (SSSR count). The van der Waals surface area contributed by atoms with Crippen LogP contribution in [0.4, 0.5) is 5.69 Å². The van der Waals surface area contributed by atoms with Gasteiger partial charge in [0.25, 0.3) is 0 Å². The third-order valence-electron chi connectivity index (χ3n) is 3.83. The summed E-state index contributed by atoms with van der Waals surface area (Å²) >= 11 is 3.27. The summed E-state index contributed by atoms with van der Waals surface area (Å²) in [6.45, 7) is 5.56. The molecule has 0 fully saturated rings. The fourth-order valence-corrected chi connectivity index (χ4v) is 4.02. The van der Waals surface area contributed by atoms with Crippen LogP contribution in [0.25, 0.3) is 0 Å². The highest BCUT2D eigenvalue weighted by Gasteiger charge is 2.23. The van der Waals surface area contributed by atoms with Gasteiger partial charge in [-0.3, -0.25) is 4.79 Å². The molecule has 0 saturated heterocycles. The number of hydrogen-bond donors (Lipinski definition) is 1. The van der Waals surface area contributed by atoms with Gasteiger partial charge in [0.1, 0.15) is 0 Å². The van der Waals surface area contributed by atoms with Gasteiger partial charge in [-0.05, 0) is 56.2 Å². The number of carbonyl (C=O) groups excluding carboxylic acids is 1. The van der Waals surface area contributed by atoms with E-state index < -0.39 is 10.0 Å². The first-order valence-electron chi connectivity index (χ1n) is 7.71. The summed E-state index contributed by atoms with van der Waals surface area (Å²) in [6.07, 6.45) is 0. The van der Waals surface area contributed by atoms with Crippen LogP contribution in [0.3, 0.4) is 0 Å². The Morgan fingerprint density at radius 1 is 1.08 bits per heavy atom. The fraction of sp³-hybridized carbons (Fsp3) is 0.278. The standard InChI is InChI=1S/C18H21BrN2O3S/c1-12-9-13(2)18(14(3)10-12)20-17(22)11-21(4)25(23,24)16-7-5-15(19)6-8-16/h5-10H,11H2,1-4H3,(H,20,22). The summed E-state index contributed by atoms with van der Waals surface area (Å²) in [5.74, 6) is -0.377. The van der Waals surface area contributed by atoms with Crippen LogP contribution in [-0.2, 0) is 14.8 Å². The lowest BCUT2D eigenvalue weighted by Crippen LogP contribution is -2.35. The molecule has 0 atom stereocenters. The lowest BCUT2D eigenvalue weighted by Gasteiger charge is -2.18. The minimum absolute atomic E-state index is 0.147. The molecule has 0 radical (unpaired) electrons. The molecule has 0 bridgehead atoms. The number of likely N-dealkylation sites (N-methyl/N-ethyl adjacent to an activating group) is 1. The fourth-order valence-electron chi connectivity index (χ4n) is 2.63. The first kappa shape index (κ1) is 19.6. The average molecular weight is 425 g/mol. The van der Waals surface area contributed by atoms with Crippen molar-refractivity contribution < 1.29 is 13.2 Å². The van der Waals surface area contributed by atoms with Crippen molar-refractivity contribution >= 4 is 37.5 Å². The third-order valence-corrected chi connectivity index (χ3v) is 6.18. The molecular weight excluding hydrogens is 404 g/mol. The molecule has 134 valence electrons. The molecule has 2 aromatic rings. The van der Waals surface area contributed by atoms with Gasteiger partial charge >= 0.3 is 0 Å². The summed E-state index contributed by atoms with van der Waals surface area (Å²) in [7, 11) is -2.32. The molecule has 1 amide bonds. The van der Waals surface area contributed by atoms with Crippen LogP contribution in [0.1, 0.15) is 16.7 Å². The number of halogens is 1. The van der Waals surface area contributed by atoms with E-state index in [2.05, 4.69) is 21.2 Å². The zero-order valence-corrected chi connectivity index (χ0v) is 17.0. The molecule has 0 aliphatic carbocycles. The van der Waals surface area contributed by atoms with E-state index in [4.69, 9.17) is 0 Å². The SMILES string of the molecule is Cc1cc(C)c(NC(=O)CN(C)S(=O)(=O)c2ccc(Br)cc2)c(C)c1. The number of nitrogens with zero attached hydrogens (tertiary/aromatic N) is 1. The highest BCUT2D eigenvalue weighted by Crippen LogP contribution is 2.22. The van der Waals surface area contributed by atoms with E-state index in [9.17, 15) is 13.2 Å². The Bertz CT molecular complexity index is 870. The molecule has 1 N–H and O–H groups in total. The van der Waals surface area contributed by atoms with Crippen molar-refractivity contribution in [1.82, 2.24) is 4.31 Å². The maximum absolute atomic E-state index is 12.5. The van der Waals surface area contributed by atoms with E-state index in [1.165, 1.54) is 19.2 Å². The molecule has 5 nitrogen and oxygen atoms in total. The van der Waals surface area contributed by atoms with Crippen LogP contribution in [0, 0.1) is 20.8 Å². The Kier molecular flexibility index (Phi) is 6.03. The molecule has 0 spiro atoms. The van der Waals surface area contributed by atoms with Gasteiger partial charge in [0.05, 0.1) is 11.4 Å². The van der Waals surface area contributed by atoms with Crippen molar-refractivity contribution in [3.8, 4) is 0 Å². The monoisotopic (exact) mass is 424 g/mol. The van der Waals surface area contributed by atoms with E-state index in [0.29, 0.717) is 0 Å². The minimum atomic E-state index is -3.72. The second kappa shape index (κ2) is 7.68. The molecule has 0 aliphatic heterocycles. The minimum Gasteiger partial charge on any atom is -0.324 e. The van der Waals surface area contributed by atoms with Gasteiger partial charge < -0.3 is 5.32 Å². The second-order valence-electron chi connectivity index (χ2n) is 6.04. The van der Waals surface area contributed by atoms with Crippen molar-refractivity contribution in [1.29, 1.82) is 0 Å². The average Bonchev–Trinajstić information content (AvgIpc) is 2.51. The van der Waals surface area contributed by atoms with Crippen LogP contribution in [0.15, 0.2) is 45.8 Å². The Hall–Kier alpha value is -1.70. The van der Waals surface area contributed by atoms with Gasteiger partial charge in [0.15, 0.2) is 0 Å². The summed E-state index contributed by atoms with van der Waals surface area (Å²) in [4.78, 5) is 12.5. The third kappa shape index (κ3) is 4.68. The maximum atomic E-state index is 12.5. The number of aryl methyl sites for hydroxylation is 3. The van der Waals surface area contributed by atoms with E-state index in [-0.39, 0.29) is 17.3 Å². The molecule has 0 heterocycles. The highest BCUT2D eigenvalue weighted by atomic mass is 79.9. The van der Waals surface area contributed by atoms with Gasteiger partial charge in [0.2, 0.25) is 15.9 Å². The van der Waals surface area contributed by atoms with Gasteiger partial charge in [-0.2, -0.15) is 4.31 Å². The number of benzene rings is 2. The lowest BCUT2D eigenvalue weighted by atomic mass is 10.1. The molecule has 0 saturated carbocycles. The summed E-state index contributed by atoms with van der Waals surface area (Å²) in [5.41, 5.74) is 3.74. The number of rotatable bonds is 5. The normalized spacial score (nSPS) is 11.6. The zero-order valence-electron chi connectivity index (χ0n) is 14.6. The van der Waals surface area contributed by atoms with Gasteiger partial charge in [-0.15, -0.1) is 0 Å². The molecule has 2 aromatic carbocycles. The lowest BCUT2D eigenvalue weighted by molar-refractivity contribution is -0.116. The van der Waals surface area contributed by atoms with Crippen molar-refractivity contribution in [3.63, 3.8) is 0 Å². The molecule has 0 aromatic heterocycles. The predicted octanol–water partition coefficient (Wildman–Crippen LogP) is 3.63. The Balaban J connectivity index is 2.14. The topological polar surface area (TPSA) is 66.5 Å². The molecule has 0 unspecified atom stereocenters. The maximum Gasteiger partial charge on any atom is 0.243 e.